The predicted octanol–water partition coefficient (Wildman–Crippen LogP) is -2.62. The molecule has 160 valence electrons. The molecule has 2 N–H and O–H groups in total. The van der Waals surface area contributed by atoms with Gasteiger partial charge in [0.1, 0.15) is 17.2 Å². The van der Waals surface area contributed by atoms with E-state index in [-0.39, 0.29) is 42.4 Å². The number of hydrogen-bond donors (Lipinski definition) is 2. The second kappa shape index (κ2) is 12.0. The first-order valence-electron chi connectivity index (χ1n) is 9.56. The molecule has 10 nitrogen and oxygen atoms in total. The first kappa shape index (κ1) is 25.8. The van der Waals surface area contributed by atoms with Crippen LogP contribution < -0.4 is 34.7 Å². The van der Waals surface area contributed by atoms with Crippen LogP contribution in [-0.4, -0.2) is 71.0 Å². The number of aromatic nitrogens is 5. The molecule has 0 radical (unpaired) electrons. The molecule has 1 aliphatic rings. The van der Waals surface area contributed by atoms with Crippen LogP contribution in [-0.2, 0) is 9.53 Å². The zero-order chi connectivity index (χ0) is 21.0. The fourth-order valence-corrected chi connectivity index (χ4v) is 4.51. The number of aliphatic carboxylic acids is 1. The molecule has 1 saturated heterocycles. The molecule has 30 heavy (non-hydrogen) atoms. The van der Waals surface area contributed by atoms with Gasteiger partial charge in [0.2, 0.25) is 0 Å². The van der Waals surface area contributed by atoms with Gasteiger partial charge in [-0.15, -0.1) is 16.9 Å². The van der Waals surface area contributed by atoms with Crippen molar-refractivity contribution in [3.05, 3.63) is 0 Å². The van der Waals surface area contributed by atoms with Crippen molar-refractivity contribution in [3.63, 3.8) is 0 Å². The fourth-order valence-electron chi connectivity index (χ4n) is 2.95. The Bertz CT molecular complexity index is 857. The van der Waals surface area contributed by atoms with E-state index in [4.69, 9.17) is 4.74 Å². The minimum Gasteiger partial charge on any atom is -0.550 e. The molecule has 0 saturated carbocycles. The van der Waals surface area contributed by atoms with Gasteiger partial charge in [-0.1, -0.05) is 30.8 Å². The molecule has 4 atom stereocenters. The molecular weight excluding hydrogens is 441 g/mol. The Hall–Kier alpha value is -0.470. The number of carboxylic acid groups (broad SMARTS) is 1. The first-order valence-corrected chi connectivity index (χ1v) is 11.5. The van der Waals surface area contributed by atoms with Gasteiger partial charge in [-0.25, -0.2) is 9.97 Å². The minimum absolute atomic E-state index is 0. The molecule has 3 rings (SSSR count). The van der Waals surface area contributed by atoms with E-state index in [1.807, 2.05) is 0 Å². The maximum Gasteiger partial charge on any atom is 1.00 e. The third-order valence-corrected chi connectivity index (χ3v) is 6.58. The summed E-state index contributed by atoms with van der Waals surface area (Å²) >= 11 is 3.08. The Morgan fingerprint density at radius 1 is 1.17 bits per heavy atom. The molecule has 13 heteroatoms. The number of nitrogens with zero attached hydrogens (tertiary/aromatic N) is 5. The van der Waals surface area contributed by atoms with Gasteiger partial charge in [0.15, 0.2) is 22.5 Å². The summed E-state index contributed by atoms with van der Waals surface area (Å²) in [4.78, 5) is 19.8. The van der Waals surface area contributed by atoms with E-state index >= 15 is 0 Å². The number of thioether (sulfide) groups is 2. The van der Waals surface area contributed by atoms with Crippen molar-refractivity contribution >= 4 is 40.7 Å². The summed E-state index contributed by atoms with van der Waals surface area (Å²) in [7, 11) is 0. The van der Waals surface area contributed by atoms with Crippen molar-refractivity contribution in [2.24, 2.45) is 0 Å². The second-order valence-corrected chi connectivity index (χ2v) is 8.82. The van der Waals surface area contributed by atoms with Crippen molar-refractivity contribution in [1.82, 2.24) is 25.0 Å². The number of ether oxygens (including phenoxy) is 1. The second-order valence-electron chi connectivity index (χ2n) is 6.67. The number of aliphatic hydroxyl groups excluding tert-OH is 2. The van der Waals surface area contributed by atoms with Gasteiger partial charge in [-0.05, 0) is 31.4 Å². The third kappa shape index (κ3) is 5.85. The van der Waals surface area contributed by atoms with Crippen LogP contribution in [0.4, 0.5) is 0 Å². The van der Waals surface area contributed by atoms with Crippen molar-refractivity contribution in [2.45, 2.75) is 74.3 Å². The summed E-state index contributed by atoms with van der Waals surface area (Å²) in [6.07, 6.45) is -2.73. The van der Waals surface area contributed by atoms with Gasteiger partial charge < -0.3 is 24.9 Å². The summed E-state index contributed by atoms with van der Waals surface area (Å²) in [6.45, 7) is 4.15. The average Bonchev–Trinajstić information content (AvgIpc) is 3.24. The Labute approximate surface area is 204 Å². The van der Waals surface area contributed by atoms with Gasteiger partial charge in [0.25, 0.3) is 0 Å². The van der Waals surface area contributed by atoms with Crippen LogP contribution in [0.2, 0.25) is 0 Å². The summed E-state index contributed by atoms with van der Waals surface area (Å²) in [5.41, 5.74) is 0.918. The molecule has 0 aromatic carbocycles. The Kier molecular flexibility index (Phi) is 10.3. The molecule has 1 aliphatic heterocycles. The van der Waals surface area contributed by atoms with E-state index in [0.29, 0.717) is 21.3 Å². The van der Waals surface area contributed by atoms with E-state index in [1.165, 1.54) is 16.4 Å². The molecule has 0 unspecified atom stereocenters. The number of carboxylic acids is 1. The molecule has 0 amide bonds. The summed E-state index contributed by atoms with van der Waals surface area (Å²) in [5.74, 6) is 0.480. The average molecular weight is 466 g/mol. The van der Waals surface area contributed by atoms with E-state index in [9.17, 15) is 20.1 Å². The van der Waals surface area contributed by atoms with E-state index in [0.717, 1.165) is 24.3 Å². The smallest absolute Gasteiger partial charge is 0.550 e. The van der Waals surface area contributed by atoms with Gasteiger partial charge in [-0.2, -0.15) is 4.68 Å². The summed E-state index contributed by atoms with van der Waals surface area (Å²) in [6, 6.07) is 0. The summed E-state index contributed by atoms with van der Waals surface area (Å²) < 4.78 is 7.07. The molecular formula is C17H24N5NaO5S2. The number of fused-ring (bicyclic) bond motifs is 1. The molecule has 0 bridgehead atoms. The number of rotatable bonds is 10. The first-order chi connectivity index (χ1) is 14.0. The number of carbonyl (C=O) groups is 1. The summed E-state index contributed by atoms with van der Waals surface area (Å²) in [5, 5.41) is 41.0. The van der Waals surface area contributed by atoms with Crippen molar-refractivity contribution < 1.29 is 54.4 Å². The Balaban J connectivity index is 0.00000320. The molecule has 1 fully saturated rings. The van der Waals surface area contributed by atoms with Crippen molar-refractivity contribution in [3.8, 4) is 0 Å². The van der Waals surface area contributed by atoms with Crippen LogP contribution in [0.3, 0.4) is 0 Å². The predicted molar refractivity (Wildman–Crippen MR) is 105 cm³/mol. The van der Waals surface area contributed by atoms with E-state index in [2.05, 4.69) is 34.1 Å². The van der Waals surface area contributed by atoms with Crippen LogP contribution in [0.15, 0.2) is 10.2 Å². The monoisotopic (exact) mass is 465 g/mol. The normalized spacial score (nSPS) is 23.6. The molecule has 0 aliphatic carbocycles. The maximum absolute atomic E-state index is 10.7. The van der Waals surface area contributed by atoms with Crippen molar-refractivity contribution in [2.75, 3.05) is 11.5 Å². The molecule has 2 aromatic heterocycles. The zero-order valence-corrected chi connectivity index (χ0v) is 20.9. The van der Waals surface area contributed by atoms with Crippen LogP contribution >= 0.6 is 23.5 Å². The van der Waals surface area contributed by atoms with Gasteiger partial charge in [0, 0.05) is 11.7 Å². The van der Waals surface area contributed by atoms with Gasteiger partial charge in [0.05, 0.1) is 6.10 Å². The largest absolute Gasteiger partial charge is 1.00 e. The minimum atomic E-state index is -1.29. The fraction of sp³-hybridized carbons (Fsp3) is 0.706. The standard InChI is InChI=1S/C17H25N5O5S2.Na/c1-3-7-28-15-11-14(18-17(19-15)29-8-4-2)22(21-20-11)16-13(26)12(25)9(27-16)5-6-10(23)24;/h9,12-13,16,25-26H,3-8H2,1-2H3,(H,23,24);/q;+1/p-1/t9-,12-,13-,16-;/m1./s1. The quantitative estimate of drug-likeness (QED) is 0.164. The van der Waals surface area contributed by atoms with Crippen LogP contribution in [0.5, 0.6) is 0 Å². The topological polar surface area (TPSA) is 146 Å². The number of hydrogen-bond acceptors (Lipinski definition) is 11. The van der Waals surface area contributed by atoms with Crippen LogP contribution in [0.1, 0.15) is 45.8 Å². The SMILES string of the molecule is CCCSc1nc(SCCC)c2nnn([C@@H]3O[C@H](CCC(=O)[O-])[C@@H](O)[C@H]3O)c2n1.[Na+]. The van der Waals surface area contributed by atoms with E-state index < -0.39 is 30.5 Å². The molecule has 0 spiro atoms. The zero-order valence-electron chi connectivity index (χ0n) is 17.2. The van der Waals surface area contributed by atoms with Crippen LogP contribution in [0, 0.1) is 0 Å². The number of carbonyl (C=O) groups excluding carboxylic acids is 1. The molecule has 2 aromatic rings. The Morgan fingerprint density at radius 3 is 2.53 bits per heavy atom. The van der Waals surface area contributed by atoms with Crippen molar-refractivity contribution in [1.29, 1.82) is 0 Å². The van der Waals surface area contributed by atoms with Gasteiger partial charge in [-0.3, -0.25) is 0 Å². The third-order valence-electron chi connectivity index (χ3n) is 4.36. The van der Waals surface area contributed by atoms with E-state index in [1.54, 1.807) is 11.8 Å². The Morgan fingerprint density at radius 2 is 1.87 bits per heavy atom. The number of aliphatic hydroxyl groups is 2. The van der Waals surface area contributed by atoms with Crippen LogP contribution in [0.25, 0.3) is 11.2 Å². The van der Waals surface area contributed by atoms with Gasteiger partial charge >= 0.3 is 29.6 Å². The maximum atomic E-state index is 10.7. The molecule has 3 heterocycles.